The Morgan fingerprint density at radius 2 is 2.00 bits per heavy atom. The first-order valence-corrected chi connectivity index (χ1v) is 5.82. The lowest BCUT2D eigenvalue weighted by atomic mass is 9.84. The van der Waals surface area contributed by atoms with E-state index < -0.39 is 0 Å². The zero-order chi connectivity index (χ0) is 11.3. The predicted octanol–water partition coefficient (Wildman–Crippen LogP) is 2.39. The minimum atomic E-state index is -0.361. The highest BCUT2D eigenvalue weighted by atomic mass is 16.7. The second-order valence-electron chi connectivity index (χ2n) is 4.25. The van der Waals surface area contributed by atoms with E-state index in [2.05, 4.69) is 6.92 Å². The molecule has 1 saturated carbocycles. The number of carbonyl (C=O) groups is 1. The zero-order valence-electron chi connectivity index (χ0n) is 9.99. The van der Waals surface area contributed by atoms with Gasteiger partial charge in [-0.15, -0.1) is 0 Å². The molecule has 3 heteroatoms. The first-order valence-electron chi connectivity index (χ1n) is 5.82. The standard InChI is InChI=1S/C12H22O3/c1-4-9-7-5-6-8-10(13)11(9)12(14-2)15-3/h9,11-12H,4-8H2,1-3H3/t9-,11+/m1/s1. The van der Waals surface area contributed by atoms with Crippen LogP contribution in [0.2, 0.25) is 0 Å². The van der Waals surface area contributed by atoms with Crippen LogP contribution >= 0.6 is 0 Å². The summed E-state index contributed by atoms with van der Waals surface area (Å²) < 4.78 is 10.5. The number of Topliss-reactive ketones (excluding diaryl/α,β-unsaturated/α-hetero) is 1. The Balaban J connectivity index is 2.79. The van der Waals surface area contributed by atoms with Crippen LogP contribution < -0.4 is 0 Å². The van der Waals surface area contributed by atoms with Gasteiger partial charge >= 0.3 is 0 Å². The van der Waals surface area contributed by atoms with Gasteiger partial charge in [0.15, 0.2) is 6.29 Å². The molecule has 1 fully saturated rings. The van der Waals surface area contributed by atoms with E-state index in [9.17, 15) is 4.79 Å². The first-order chi connectivity index (χ1) is 7.24. The van der Waals surface area contributed by atoms with Gasteiger partial charge < -0.3 is 9.47 Å². The van der Waals surface area contributed by atoms with Crippen molar-refractivity contribution in [1.29, 1.82) is 0 Å². The molecule has 15 heavy (non-hydrogen) atoms. The number of rotatable bonds is 4. The minimum absolute atomic E-state index is 0.0625. The van der Waals surface area contributed by atoms with Gasteiger partial charge in [-0.3, -0.25) is 4.79 Å². The molecule has 0 saturated heterocycles. The summed E-state index contributed by atoms with van der Waals surface area (Å²) in [6.07, 6.45) is 4.65. The molecule has 0 unspecified atom stereocenters. The molecule has 88 valence electrons. The molecule has 3 nitrogen and oxygen atoms in total. The molecule has 1 aliphatic rings. The quantitative estimate of drug-likeness (QED) is 0.532. The van der Waals surface area contributed by atoms with Gasteiger partial charge in [0.25, 0.3) is 0 Å². The maximum atomic E-state index is 12.0. The van der Waals surface area contributed by atoms with Crippen LogP contribution in [-0.4, -0.2) is 26.3 Å². The number of hydrogen-bond acceptors (Lipinski definition) is 3. The maximum absolute atomic E-state index is 12.0. The zero-order valence-corrected chi connectivity index (χ0v) is 9.99. The van der Waals surface area contributed by atoms with Crippen molar-refractivity contribution in [3.05, 3.63) is 0 Å². The predicted molar refractivity (Wildman–Crippen MR) is 58.6 cm³/mol. The minimum Gasteiger partial charge on any atom is -0.355 e. The first kappa shape index (κ1) is 12.7. The Hall–Kier alpha value is -0.410. The number of methoxy groups -OCH3 is 2. The van der Waals surface area contributed by atoms with E-state index in [-0.39, 0.29) is 12.2 Å². The molecule has 0 aromatic heterocycles. The van der Waals surface area contributed by atoms with Gasteiger partial charge in [-0.1, -0.05) is 19.8 Å². The van der Waals surface area contributed by atoms with E-state index in [1.807, 2.05) is 0 Å². The van der Waals surface area contributed by atoms with Crippen LogP contribution in [0.4, 0.5) is 0 Å². The van der Waals surface area contributed by atoms with Crippen molar-refractivity contribution < 1.29 is 14.3 Å². The summed E-state index contributed by atoms with van der Waals surface area (Å²) in [6.45, 7) is 2.14. The van der Waals surface area contributed by atoms with Crippen molar-refractivity contribution in [2.75, 3.05) is 14.2 Å². The van der Waals surface area contributed by atoms with Gasteiger partial charge in [0.05, 0.1) is 5.92 Å². The summed E-state index contributed by atoms with van der Waals surface area (Å²) in [5, 5.41) is 0. The molecule has 0 aromatic carbocycles. The number of carbonyl (C=O) groups excluding carboxylic acids is 1. The van der Waals surface area contributed by atoms with E-state index >= 15 is 0 Å². The van der Waals surface area contributed by atoms with Gasteiger partial charge in [0.1, 0.15) is 5.78 Å². The molecule has 1 aliphatic carbocycles. The van der Waals surface area contributed by atoms with Crippen molar-refractivity contribution in [3.8, 4) is 0 Å². The largest absolute Gasteiger partial charge is 0.355 e. The van der Waals surface area contributed by atoms with Crippen LogP contribution in [0.15, 0.2) is 0 Å². The molecule has 0 amide bonds. The fourth-order valence-corrected chi connectivity index (χ4v) is 2.54. The van der Waals surface area contributed by atoms with Gasteiger partial charge in [0.2, 0.25) is 0 Å². The molecule has 0 bridgehead atoms. The van der Waals surface area contributed by atoms with Crippen molar-refractivity contribution >= 4 is 5.78 Å². The molecule has 0 heterocycles. The highest BCUT2D eigenvalue weighted by Crippen LogP contribution is 2.32. The Labute approximate surface area is 92.1 Å². The lowest BCUT2D eigenvalue weighted by Crippen LogP contribution is -2.36. The second kappa shape index (κ2) is 6.23. The molecule has 0 aromatic rings. The maximum Gasteiger partial charge on any atom is 0.166 e. The van der Waals surface area contributed by atoms with Crippen LogP contribution in [0.5, 0.6) is 0 Å². The van der Waals surface area contributed by atoms with Gasteiger partial charge in [-0.25, -0.2) is 0 Å². The number of ketones is 1. The monoisotopic (exact) mass is 214 g/mol. The SMILES string of the molecule is CC[C@@H]1CCCCC(=O)[C@H]1C(OC)OC. The molecule has 1 rings (SSSR count). The fraction of sp³-hybridized carbons (Fsp3) is 0.917. The van der Waals surface area contributed by atoms with E-state index in [1.165, 1.54) is 0 Å². The third-order valence-electron chi connectivity index (χ3n) is 3.41. The summed E-state index contributed by atoms with van der Waals surface area (Å²) in [5.41, 5.74) is 0. The third-order valence-corrected chi connectivity index (χ3v) is 3.41. The fourth-order valence-electron chi connectivity index (χ4n) is 2.54. The lowest BCUT2D eigenvalue weighted by molar-refractivity contribution is -0.164. The molecular formula is C12H22O3. The normalized spacial score (nSPS) is 28.1. The van der Waals surface area contributed by atoms with Crippen molar-refractivity contribution in [2.45, 2.75) is 45.3 Å². The molecular weight excluding hydrogens is 192 g/mol. The average molecular weight is 214 g/mol. The van der Waals surface area contributed by atoms with Crippen LogP contribution in [-0.2, 0) is 14.3 Å². The lowest BCUT2D eigenvalue weighted by Gasteiger charge is -2.28. The van der Waals surface area contributed by atoms with E-state index in [0.29, 0.717) is 18.1 Å². The smallest absolute Gasteiger partial charge is 0.166 e. The van der Waals surface area contributed by atoms with Crippen LogP contribution in [0, 0.1) is 11.8 Å². The molecule has 0 radical (unpaired) electrons. The Kier molecular flexibility index (Phi) is 5.26. The summed E-state index contributed by atoms with van der Waals surface area (Å²) in [4.78, 5) is 12.0. The Bertz CT molecular complexity index is 199. The summed E-state index contributed by atoms with van der Waals surface area (Å²) in [5.74, 6) is 0.672. The summed E-state index contributed by atoms with van der Waals surface area (Å²) >= 11 is 0. The molecule has 2 atom stereocenters. The third kappa shape index (κ3) is 3.02. The average Bonchev–Trinajstić information content (AvgIpc) is 2.43. The van der Waals surface area contributed by atoms with Crippen molar-refractivity contribution in [1.82, 2.24) is 0 Å². The topological polar surface area (TPSA) is 35.5 Å². The number of hydrogen-bond donors (Lipinski definition) is 0. The highest BCUT2D eigenvalue weighted by Gasteiger charge is 2.35. The highest BCUT2D eigenvalue weighted by molar-refractivity contribution is 5.81. The van der Waals surface area contributed by atoms with Gasteiger partial charge in [0, 0.05) is 20.6 Å². The van der Waals surface area contributed by atoms with Crippen molar-refractivity contribution in [2.24, 2.45) is 11.8 Å². The van der Waals surface area contributed by atoms with Crippen LogP contribution in [0.1, 0.15) is 39.0 Å². The second-order valence-corrected chi connectivity index (χ2v) is 4.25. The summed E-state index contributed by atoms with van der Waals surface area (Å²) in [6, 6.07) is 0. The molecule has 0 N–H and O–H groups in total. The Morgan fingerprint density at radius 1 is 1.33 bits per heavy atom. The van der Waals surface area contributed by atoms with E-state index in [1.54, 1.807) is 14.2 Å². The molecule has 0 aliphatic heterocycles. The van der Waals surface area contributed by atoms with E-state index in [0.717, 1.165) is 25.7 Å². The van der Waals surface area contributed by atoms with Crippen molar-refractivity contribution in [3.63, 3.8) is 0 Å². The van der Waals surface area contributed by atoms with Crippen LogP contribution in [0.3, 0.4) is 0 Å². The summed E-state index contributed by atoms with van der Waals surface area (Å²) in [7, 11) is 3.22. The molecule has 0 spiro atoms. The Morgan fingerprint density at radius 3 is 2.53 bits per heavy atom. The number of ether oxygens (including phenoxy) is 2. The van der Waals surface area contributed by atoms with E-state index in [4.69, 9.17) is 9.47 Å². The van der Waals surface area contributed by atoms with Gasteiger partial charge in [-0.2, -0.15) is 0 Å². The van der Waals surface area contributed by atoms with Gasteiger partial charge in [-0.05, 0) is 18.8 Å². The van der Waals surface area contributed by atoms with Crippen LogP contribution in [0.25, 0.3) is 0 Å².